The molecule has 2 saturated carbocycles. The van der Waals surface area contributed by atoms with Crippen molar-refractivity contribution in [2.75, 3.05) is 44.8 Å². The molecule has 6 rings (SSSR count). The highest BCUT2D eigenvalue weighted by Gasteiger charge is 2.45. The Balaban J connectivity index is 1.21. The van der Waals surface area contributed by atoms with E-state index in [1.165, 1.54) is 48.1 Å². The number of fused-ring (bicyclic) bond motifs is 1. The fourth-order valence-corrected chi connectivity index (χ4v) is 9.05. The Hall–Kier alpha value is -2.96. The zero-order chi connectivity index (χ0) is 35.4. The number of ketones is 1. The molecule has 6 nitrogen and oxygen atoms in total. The summed E-state index contributed by atoms with van der Waals surface area (Å²) in [4.78, 5) is 23.5. The smallest absolute Gasteiger partial charge is 0.166 e. The number of benzene rings is 1. The number of hydrogen-bond donors (Lipinski definition) is 0. The maximum Gasteiger partial charge on any atom is 0.166 e. The number of anilines is 1. The molecule has 0 bridgehead atoms. The Labute approximate surface area is 302 Å². The number of aliphatic imine (C=N–C) groups is 1. The van der Waals surface area contributed by atoms with E-state index in [0.717, 1.165) is 81.7 Å². The van der Waals surface area contributed by atoms with Crippen LogP contribution in [0.5, 0.6) is 0 Å². The van der Waals surface area contributed by atoms with Crippen LogP contribution in [0.4, 0.5) is 5.69 Å². The summed E-state index contributed by atoms with van der Waals surface area (Å²) in [6.45, 7) is 20.3. The Bertz CT molecular complexity index is 1510. The number of allylic oxidation sites excluding steroid dienone is 5. The minimum Gasteiger partial charge on any atom is -0.480 e. The zero-order valence-corrected chi connectivity index (χ0v) is 31.9. The van der Waals surface area contributed by atoms with Gasteiger partial charge in [0.15, 0.2) is 11.4 Å². The molecule has 1 aromatic carbocycles. The Morgan fingerprint density at radius 3 is 2.38 bits per heavy atom. The molecule has 6 heteroatoms. The summed E-state index contributed by atoms with van der Waals surface area (Å²) < 4.78 is 12.9. The molecule has 1 saturated heterocycles. The van der Waals surface area contributed by atoms with Gasteiger partial charge in [-0.15, -0.1) is 0 Å². The molecule has 1 aromatic rings. The number of piperidine rings is 1. The molecule has 0 radical (unpaired) electrons. The van der Waals surface area contributed by atoms with Gasteiger partial charge in [-0.1, -0.05) is 63.6 Å². The molecule has 0 N–H and O–H groups in total. The zero-order valence-electron chi connectivity index (χ0n) is 31.9. The van der Waals surface area contributed by atoms with Crippen LogP contribution in [-0.2, 0) is 9.47 Å². The Kier molecular flexibility index (Phi) is 11.9. The van der Waals surface area contributed by atoms with Crippen molar-refractivity contribution in [2.45, 2.75) is 116 Å². The molecule has 0 aromatic heterocycles. The number of carbonyl (C=O) groups excluding carboxylic acids is 1. The third-order valence-electron chi connectivity index (χ3n) is 13.2. The van der Waals surface area contributed by atoms with Gasteiger partial charge in [0.25, 0.3) is 0 Å². The molecular formula is C44H63N3O3. The van der Waals surface area contributed by atoms with Crippen LogP contribution < -0.4 is 4.90 Å². The van der Waals surface area contributed by atoms with Gasteiger partial charge in [-0.2, -0.15) is 0 Å². The normalized spacial score (nSPS) is 27.0. The van der Waals surface area contributed by atoms with Crippen LogP contribution in [0.15, 0.2) is 70.6 Å². The number of methoxy groups -OCH3 is 1. The first kappa shape index (κ1) is 36.8. The molecular weight excluding hydrogens is 619 g/mol. The lowest BCUT2D eigenvalue weighted by Crippen LogP contribution is -2.54. The predicted molar refractivity (Wildman–Crippen MR) is 207 cm³/mol. The quantitative estimate of drug-likeness (QED) is 0.111. The first-order valence-electron chi connectivity index (χ1n) is 19.8. The molecule has 0 spiro atoms. The molecule has 4 unspecified atom stereocenters. The maximum atomic E-state index is 13.3. The van der Waals surface area contributed by atoms with E-state index in [9.17, 15) is 4.79 Å². The number of rotatable bonds is 14. The van der Waals surface area contributed by atoms with Crippen LogP contribution >= 0.6 is 0 Å². The lowest BCUT2D eigenvalue weighted by molar-refractivity contribution is -0.0312. The summed E-state index contributed by atoms with van der Waals surface area (Å²) in [5.41, 5.74) is 6.60. The van der Waals surface area contributed by atoms with Crippen LogP contribution in [0, 0.1) is 23.7 Å². The third kappa shape index (κ3) is 7.35. The van der Waals surface area contributed by atoms with Crippen LogP contribution in [0.1, 0.15) is 121 Å². The van der Waals surface area contributed by atoms with E-state index in [-0.39, 0.29) is 5.92 Å². The van der Waals surface area contributed by atoms with Gasteiger partial charge in [-0.25, -0.2) is 0 Å². The summed E-state index contributed by atoms with van der Waals surface area (Å²) >= 11 is 0. The lowest BCUT2D eigenvalue weighted by Gasteiger charge is -2.48. The Morgan fingerprint density at radius 2 is 1.80 bits per heavy atom. The minimum absolute atomic E-state index is 0.208. The molecule has 2 aliphatic carbocycles. The lowest BCUT2D eigenvalue weighted by atomic mass is 9.71. The van der Waals surface area contributed by atoms with Gasteiger partial charge in [-0.3, -0.25) is 9.79 Å². The van der Waals surface area contributed by atoms with Crippen LogP contribution in [0.3, 0.4) is 0 Å². The van der Waals surface area contributed by atoms with Crippen molar-refractivity contribution < 1.29 is 14.3 Å². The van der Waals surface area contributed by atoms with Crippen molar-refractivity contribution in [3.8, 4) is 0 Å². The summed E-state index contributed by atoms with van der Waals surface area (Å²) in [5, 5.41) is 0. The second kappa shape index (κ2) is 16.2. The van der Waals surface area contributed by atoms with E-state index in [1.54, 1.807) is 7.11 Å². The summed E-state index contributed by atoms with van der Waals surface area (Å²) in [5.74, 6) is 3.33. The largest absolute Gasteiger partial charge is 0.480 e. The van der Waals surface area contributed by atoms with Crippen molar-refractivity contribution in [1.82, 2.24) is 4.90 Å². The van der Waals surface area contributed by atoms with E-state index in [1.807, 2.05) is 0 Å². The monoisotopic (exact) mass is 681 g/mol. The van der Waals surface area contributed by atoms with Crippen molar-refractivity contribution in [3.63, 3.8) is 0 Å². The molecule has 50 heavy (non-hydrogen) atoms. The molecule has 5 aliphatic rings. The highest BCUT2D eigenvalue weighted by molar-refractivity contribution is 5.99. The predicted octanol–water partition coefficient (Wildman–Crippen LogP) is 9.69. The number of likely N-dealkylation sites (tertiary alicyclic amines) is 1. The standard InChI is InChI=1S/C44H63N3O3/c1-8-30(3)43(50-44(6,36-16-13-17-36)41-18-10-11-23-45-41)37(9-2)33-21-24-46(25-22-33)29-40-32(5)31(4)38-20-19-35(42(48)34-14-12-15-34)28-39(38)47(40)26-27-49-7/h8-9,18-20,23,28,31-34,36,40H,2,10-17,21-22,24-27,29H2,1,3-7H3/b30-8-,43-37-. The van der Waals surface area contributed by atoms with Crippen LogP contribution in [0.25, 0.3) is 0 Å². The second-order valence-electron chi connectivity index (χ2n) is 16.0. The second-order valence-corrected chi connectivity index (χ2v) is 16.0. The SMILES string of the molecule is C=C/C(=C(OC(C)(C1=CCCC=N1)C1CCC1)\C(C)=C/C)C1CCN(CC2C(C)C(C)c3ccc(C(=O)C4CCC4)cc3N2CCOC)CC1. The number of carbonyl (C=O) groups is 1. The summed E-state index contributed by atoms with van der Waals surface area (Å²) in [6, 6.07) is 6.90. The van der Waals surface area contributed by atoms with E-state index in [0.29, 0.717) is 42.1 Å². The van der Waals surface area contributed by atoms with Gasteiger partial charge in [-0.05, 0) is 126 Å². The van der Waals surface area contributed by atoms with Gasteiger partial charge in [0.1, 0.15) is 5.76 Å². The summed E-state index contributed by atoms with van der Waals surface area (Å²) in [7, 11) is 1.79. The average Bonchev–Trinajstić information content (AvgIpc) is 3.09. The van der Waals surface area contributed by atoms with Crippen molar-refractivity contribution in [1.29, 1.82) is 0 Å². The maximum absolute atomic E-state index is 13.3. The number of ether oxygens (including phenoxy) is 2. The molecule has 3 fully saturated rings. The van der Waals surface area contributed by atoms with Gasteiger partial charge < -0.3 is 19.3 Å². The van der Waals surface area contributed by atoms with E-state index in [4.69, 9.17) is 14.5 Å². The van der Waals surface area contributed by atoms with Crippen molar-refractivity contribution in [2.24, 2.45) is 28.7 Å². The average molecular weight is 682 g/mol. The molecule has 3 heterocycles. The Morgan fingerprint density at radius 1 is 1.06 bits per heavy atom. The minimum atomic E-state index is -0.429. The van der Waals surface area contributed by atoms with E-state index in [2.05, 4.69) is 93.6 Å². The number of hydrogen-bond acceptors (Lipinski definition) is 6. The highest BCUT2D eigenvalue weighted by Crippen LogP contribution is 2.47. The van der Waals surface area contributed by atoms with Gasteiger partial charge in [0.2, 0.25) is 0 Å². The van der Waals surface area contributed by atoms with E-state index >= 15 is 0 Å². The van der Waals surface area contributed by atoms with Crippen LogP contribution in [0.2, 0.25) is 0 Å². The van der Waals surface area contributed by atoms with E-state index < -0.39 is 5.60 Å². The molecule has 272 valence electrons. The van der Waals surface area contributed by atoms with Crippen LogP contribution in [-0.4, -0.2) is 68.4 Å². The van der Waals surface area contributed by atoms with Crippen molar-refractivity contribution in [3.05, 3.63) is 76.7 Å². The number of nitrogens with zero attached hydrogens (tertiary/aromatic N) is 3. The first-order valence-corrected chi connectivity index (χ1v) is 19.8. The van der Waals surface area contributed by atoms with Gasteiger partial charge in [0.05, 0.1) is 12.3 Å². The molecule has 3 aliphatic heterocycles. The molecule has 4 atom stereocenters. The van der Waals surface area contributed by atoms with Gasteiger partial charge >= 0.3 is 0 Å². The fourth-order valence-electron chi connectivity index (χ4n) is 9.05. The summed E-state index contributed by atoms with van der Waals surface area (Å²) in [6.07, 6.45) is 19.7. The molecule has 0 amide bonds. The topological polar surface area (TPSA) is 54.4 Å². The van der Waals surface area contributed by atoms with Crippen molar-refractivity contribution >= 4 is 17.7 Å². The first-order chi connectivity index (χ1) is 24.2. The highest BCUT2D eigenvalue weighted by atomic mass is 16.5. The third-order valence-corrected chi connectivity index (χ3v) is 13.2. The fraction of sp³-hybridized carbons (Fsp3) is 0.636. The number of Topliss-reactive ketones (excluding diaryl/α,β-unsaturated/α-hetero) is 1. The van der Waals surface area contributed by atoms with Gasteiger partial charge in [0, 0.05) is 55.5 Å².